The van der Waals surface area contributed by atoms with Gasteiger partial charge in [0.25, 0.3) is 5.91 Å². The fourth-order valence-corrected chi connectivity index (χ4v) is 3.01. The molecule has 0 unspecified atom stereocenters. The zero-order valence-electron chi connectivity index (χ0n) is 16.9. The highest BCUT2D eigenvalue weighted by Crippen LogP contribution is 2.38. The first-order valence-electron chi connectivity index (χ1n) is 9.10. The molecular formula is C23H22N2O5. The molecule has 3 rings (SSSR count). The quantitative estimate of drug-likeness (QED) is 0.349. The van der Waals surface area contributed by atoms with Gasteiger partial charge in [-0.2, -0.15) is 0 Å². The fourth-order valence-electron chi connectivity index (χ4n) is 3.01. The van der Waals surface area contributed by atoms with E-state index in [1.54, 1.807) is 36.4 Å². The van der Waals surface area contributed by atoms with Gasteiger partial charge in [0.15, 0.2) is 11.5 Å². The SMILES string of the molecule is COc1cc(C(=O)Nc2ccc(/C(=N/O)c3ccccc3)cc2)cc(OC)c1OC. The van der Waals surface area contributed by atoms with E-state index in [9.17, 15) is 10.0 Å². The van der Waals surface area contributed by atoms with Gasteiger partial charge in [0.1, 0.15) is 5.71 Å². The van der Waals surface area contributed by atoms with Crippen molar-refractivity contribution in [2.45, 2.75) is 0 Å². The molecule has 1 amide bonds. The summed E-state index contributed by atoms with van der Waals surface area (Å²) in [4.78, 5) is 12.7. The molecule has 0 saturated heterocycles. The van der Waals surface area contributed by atoms with Crippen LogP contribution in [-0.2, 0) is 0 Å². The van der Waals surface area contributed by atoms with E-state index in [2.05, 4.69) is 10.5 Å². The molecular weight excluding hydrogens is 384 g/mol. The first kappa shape index (κ1) is 20.7. The van der Waals surface area contributed by atoms with Crippen LogP contribution in [0.4, 0.5) is 5.69 Å². The minimum Gasteiger partial charge on any atom is -0.493 e. The van der Waals surface area contributed by atoms with Crippen LogP contribution in [0.25, 0.3) is 0 Å². The van der Waals surface area contributed by atoms with Crippen LogP contribution in [0.2, 0.25) is 0 Å². The molecule has 7 heteroatoms. The van der Waals surface area contributed by atoms with Gasteiger partial charge < -0.3 is 24.7 Å². The zero-order valence-corrected chi connectivity index (χ0v) is 16.9. The van der Waals surface area contributed by atoms with Crippen LogP contribution in [-0.4, -0.2) is 38.2 Å². The summed E-state index contributed by atoms with van der Waals surface area (Å²) >= 11 is 0. The van der Waals surface area contributed by atoms with E-state index in [0.717, 1.165) is 11.1 Å². The Morgan fingerprint density at radius 2 is 1.37 bits per heavy atom. The van der Waals surface area contributed by atoms with Gasteiger partial charge in [0.05, 0.1) is 21.3 Å². The molecule has 0 bridgehead atoms. The Hall–Kier alpha value is -4.00. The highest BCUT2D eigenvalue weighted by molar-refractivity contribution is 6.13. The lowest BCUT2D eigenvalue weighted by Gasteiger charge is -2.14. The number of amides is 1. The van der Waals surface area contributed by atoms with Crippen LogP contribution in [0.3, 0.4) is 0 Å². The number of methoxy groups -OCH3 is 3. The molecule has 0 spiro atoms. The number of benzene rings is 3. The number of anilines is 1. The third kappa shape index (κ3) is 4.35. The Balaban J connectivity index is 1.81. The minimum absolute atomic E-state index is 0.332. The van der Waals surface area contributed by atoms with Gasteiger partial charge in [-0.1, -0.05) is 47.6 Å². The standard InChI is InChI=1S/C23H22N2O5/c1-28-19-13-17(14-20(29-2)22(19)30-3)23(26)24-18-11-9-16(10-12-18)21(25-27)15-7-5-4-6-8-15/h4-14,27H,1-3H3,(H,24,26)/b25-21+. The van der Waals surface area contributed by atoms with Gasteiger partial charge in [0, 0.05) is 22.4 Å². The second kappa shape index (κ2) is 9.47. The summed E-state index contributed by atoms with van der Waals surface area (Å²) < 4.78 is 15.9. The van der Waals surface area contributed by atoms with Crippen molar-refractivity contribution in [3.8, 4) is 17.2 Å². The molecule has 0 aliphatic rings. The summed E-state index contributed by atoms with van der Waals surface area (Å²) in [5, 5.41) is 15.7. The highest BCUT2D eigenvalue weighted by atomic mass is 16.5. The van der Waals surface area contributed by atoms with Crippen molar-refractivity contribution in [2.24, 2.45) is 5.16 Å². The maximum atomic E-state index is 12.7. The normalized spacial score (nSPS) is 11.0. The maximum Gasteiger partial charge on any atom is 0.255 e. The number of hydrogen-bond acceptors (Lipinski definition) is 6. The van der Waals surface area contributed by atoms with Crippen LogP contribution in [0.1, 0.15) is 21.5 Å². The van der Waals surface area contributed by atoms with Crippen LogP contribution in [0, 0.1) is 0 Å². The Labute approximate surface area is 174 Å². The van der Waals surface area contributed by atoms with Crippen LogP contribution >= 0.6 is 0 Å². The number of carbonyl (C=O) groups excluding carboxylic acids is 1. The molecule has 0 radical (unpaired) electrons. The smallest absolute Gasteiger partial charge is 0.255 e. The number of nitrogens with one attached hydrogen (secondary N) is 1. The van der Waals surface area contributed by atoms with Gasteiger partial charge in [-0.3, -0.25) is 4.79 Å². The molecule has 3 aromatic rings. The number of nitrogens with zero attached hydrogens (tertiary/aromatic N) is 1. The number of hydrogen-bond donors (Lipinski definition) is 2. The Kier molecular flexibility index (Phi) is 6.54. The number of ether oxygens (including phenoxy) is 3. The molecule has 30 heavy (non-hydrogen) atoms. The van der Waals surface area contributed by atoms with Crippen molar-refractivity contribution in [1.82, 2.24) is 0 Å². The molecule has 7 nitrogen and oxygen atoms in total. The average Bonchev–Trinajstić information content (AvgIpc) is 2.80. The largest absolute Gasteiger partial charge is 0.493 e. The second-order valence-electron chi connectivity index (χ2n) is 6.26. The van der Waals surface area contributed by atoms with E-state index >= 15 is 0 Å². The highest BCUT2D eigenvalue weighted by Gasteiger charge is 2.17. The van der Waals surface area contributed by atoms with Gasteiger partial charge in [0.2, 0.25) is 5.75 Å². The fraction of sp³-hybridized carbons (Fsp3) is 0.130. The van der Waals surface area contributed by atoms with Crippen molar-refractivity contribution >= 4 is 17.3 Å². The number of rotatable bonds is 7. The molecule has 0 aliphatic carbocycles. The molecule has 0 heterocycles. The first-order chi connectivity index (χ1) is 14.6. The van der Waals surface area contributed by atoms with Crippen molar-refractivity contribution in [3.05, 3.63) is 83.4 Å². The van der Waals surface area contributed by atoms with Gasteiger partial charge in [-0.25, -0.2) is 0 Å². The van der Waals surface area contributed by atoms with Crippen LogP contribution in [0.15, 0.2) is 71.9 Å². The number of oxime groups is 1. The third-order valence-corrected chi connectivity index (χ3v) is 4.49. The summed E-state index contributed by atoms with van der Waals surface area (Å²) in [7, 11) is 4.48. The maximum absolute atomic E-state index is 12.7. The third-order valence-electron chi connectivity index (χ3n) is 4.49. The summed E-state index contributed by atoms with van der Waals surface area (Å²) in [5.74, 6) is 0.867. The molecule has 2 N–H and O–H groups in total. The van der Waals surface area contributed by atoms with E-state index in [1.165, 1.54) is 21.3 Å². The average molecular weight is 406 g/mol. The van der Waals surface area contributed by atoms with Gasteiger partial charge in [-0.05, 0) is 24.3 Å². The lowest BCUT2D eigenvalue weighted by molar-refractivity contribution is 0.102. The van der Waals surface area contributed by atoms with E-state index in [1.807, 2.05) is 30.3 Å². The summed E-state index contributed by atoms with van der Waals surface area (Å²) in [6.07, 6.45) is 0. The predicted octanol–water partition coefficient (Wildman–Crippen LogP) is 4.19. The molecule has 0 fully saturated rings. The van der Waals surface area contributed by atoms with Crippen LogP contribution in [0.5, 0.6) is 17.2 Å². The topological polar surface area (TPSA) is 89.4 Å². The molecule has 0 saturated carbocycles. The summed E-state index contributed by atoms with van der Waals surface area (Å²) in [6, 6.07) is 19.5. The second-order valence-corrected chi connectivity index (χ2v) is 6.26. The van der Waals surface area contributed by atoms with Gasteiger partial charge in [-0.15, -0.1) is 0 Å². The molecule has 3 aromatic carbocycles. The molecule has 0 aliphatic heterocycles. The lowest BCUT2D eigenvalue weighted by atomic mass is 10.0. The predicted molar refractivity (Wildman–Crippen MR) is 114 cm³/mol. The lowest BCUT2D eigenvalue weighted by Crippen LogP contribution is -2.13. The minimum atomic E-state index is -0.332. The van der Waals surface area contributed by atoms with Gasteiger partial charge >= 0.3 is 0 Å². The molecule has 154 valence electrons. The van der Waals surface area contributed by atoms with Crippen LogP contribution < -0.4 is 19.5 Å². The molecule has 0 aromatic heterocycles. The van der Waals surface area contributed by atoms with E-state index in [0.29, 0.717) is 34.2 Å². The van der Waals surface area contributed by atoms with E-state index < -0.39 is 0 Å². The first-order valence-corrected chi connectivity index (χ1v) is 9.10. The monoisotopic (exact) mass is 406 g/mol. The van der Waals surface area contributed by atoms with E-state index in [-0.39, 0.29) is 5.91 Å². The Bertz CT molecular complexity index is 1020. The zero-order chi connectivity index (χ0) is 21.5. The van der Waals surface area contributed by atoms with Crippen molar-refractivity contribution in [3.63, 3.8) is 0 Å². The summed E-state index contributed by atoms with van der Waals surface area (Å²) in [6.45, 7) is 0. The van der Waals surface area contributed by atoms with Crippen molar-refractivity contribution < 1.29 is 24.2 Å². The Morgan fingerprint density at radius 1 is 0.800 bits per heavy atom. The Morgan fingerprint density at radius 3 is 1.87 bits per heavy atom. The van der Waals surface area contributed by atoms with Crippen molar-refractivity contribution in [2.75, 3.05) is 26.6 Å². The van der Waals surface area contributed by atoms with Crippen molar-refractivity contribution in [1.29, 1.82) is 0 Å². The number of carbonyl (C=O) groups is 1. The molecule has 0 atom stereocenters. The summed E-state index contributed by atoms with van der Waals surface area (Å²) in [5.41, 5.74) is 2.89. The van der Waals surface area contributed by atoms with E-state index in [4.69, 9.17) is 14.2 Å².